The lowest BCUT2D eigenvalue weighted by Crippen LogP contribution is -2.55. The average Bonchev–Trinajstić information content (AvgIpc) is 2.55. The fraction of sp³-hybridized carbons (Fsp3) is 0.500. The Bertz CT molecular complexity index is 497. The number of allylic oxidation sites excluding steroid dienone is 1. The summed E-state index contributed by atoms with van der Waals surface area (Å²) in [6.07, 6.45) is 6.04. The number of nitrogens with zero attached hydrogens (tertiary/aromatic N) is 1. The Hall–Kier alpha value is -1.61. The van der Waals surface area contributed by atoms with Crippen LogP contribution in [0.2, 0.25) is 0 Å². The summed E-state index contributed by atoms with van der Waals surface area (Å²) in [5, 5.41) is 0. The Kier molecular flexibility index (Phi) is 5.18. The molecule has 0 fully saturated rings. The number of ether oxygens (including phenoxy) is 1. The number of likely N-dealkylation sites (N-methyl/N-ethyl adjacent to an activating group) is 1. The van der Waals surface area contributed by atoms with Gasteiger partial charge in [0.2, 0.25) is 0 Å². The van der Waals surface area contributed by atoms with Crippen LogP contribution in [-0.2, 0) is 14.9 Å². The first kappa shape index (κ1) is 15.8. The second kappa shape index (κ2) is 6.90. The zero-order valence-electron chi connectivity index (χ0n) is 13.2. The van der Waals surface area contributed by atoms with Crippen LogP contribution in [0.5, 0.6) is 0 Å². The lowest BCUT2D eigenvalue weighted by molar-refractivity contribution is -0.153. The summed E-state index contributed by atoms with van der Waals surface area (Å²) in [5.41, 5.74) is 0.453. The Morgan fingerprint density at radius 2 is 2.05 bits per heavy atom. The van der Waals surface area contributed by atoms with Gasteiger partial charge in [0.25, 0.3) is 0 Å². The maximum Gasteiger partial charge on any atom is 0.318 e. The van der Waals surface area contributed by atoms with Gasteiger partial charge in [-0.25, -0.2) is 0 Å². The van der Waals surface area contributed by atoms with Crippen LogP contribution in [-0.4, -0.2) is 37.1 Å². The Morgan fingerprint density at radius 3 is 2.67 bits per heavy atom. The number of hydrogen-bond donors (Lipinski definition) is 0. The normalized spacial score (nSPS) is 25.0. The molecule has 1 aliphatic carbocycles. The van der Waals surface area contributed by atoms with Crippen LogP contribution in [0.3, 0.4) is 0 Å². The molecule has 0 heterocycles. The van der Waals surface area contributed by atoms with Crippen LogP contribution in [0.1, 0.15) is 32.3 Å². The van der Waals surface area contributed by atoms with Crippen LogP contribution in [0, 0.1) is 0 Å². The summed E-state index contributed by atoms with van der Waals surface area (Å²) in [7, 11) is 2.07. The fourth-order valence-electron chi connectivity index (χ4n) is 3.22. The molecule has 21 heavy (non-hydrogen) atoms. The number of hydrogen-bond acceptors (Lipinski definition) is 3. The van der Waals surface area contributed by atoms with E-state index >= 15 is 0 Å². The summed E-state index contributed by atoms with van der Waals surface area (Å²) in [6, 6.07) is 10.1. The fourth-order valence-corrected chi connectivity index (χ4v) is 3.22. The maximum absolute atomic E-state index is 12.9. The standard InChI is InChI=1S/C18H25NO2/c1-4-19(3)16-13-9-10-14-18(16,17(20)21-5-2)15-11-7-6-8-12-15/h6-9,11-13,16H,4-5,10,14H2,1-3H3. The van der Waals surface area contributed by atoms with Crippen molar-refractivity contribution in [3.05, 3.63) is 48.0 Å². The van der Waals surface area contributed by atoms with E-state index in [4.69, 9.17) is 4.74 Å². The molecule has 0 saturated carbocycles. The van der Waals surface area contributed by atoms with Gasteiger partial charge in [-0.2, -0.15) is 0 Å². The SMILES string of the molecule is CCOC(=O)C1(c2ccccc2)CCC=CC1N(C)CC. The third-order valence-electron chi connectivity index (χ3n) is 4.43. The molecule has 0 saturated heterocycles. The van der Waals surface area contributed by atoms with Crippen LogP contribution in [0.15, 0.2) is 42.5 Å². The molecular formula is C18H25NO2. The van der Waals surface area contributed by atoms with E-state index in [9.17, 15) is 4.79 Å². The van der Waals surface area contributed by atoms with Crippen molar-refractivity contribution >= 4 is 5.97 Å². The molecule has 0 aromatic heterocycles. The predicted molar refractivity (Wildman–Crippen MR) is 85.2 cm³/mol. The number of carbonyl (C=O) groups is 1. The molecule has 2 atom stereocenters. The minimum absolute atomic E-state index is 0.0395. The molecule has 114 valence electrons. The van der Waals surface area contributed by atoms with E-state index in [0.717, 1.165) is 24.9 Å². The zero-order chi connectivity index (χ0) is 15.3. The van der Waals surface area contributed by atoms with Crippen molar-refractivity contribution < 1.29 is 9.53 Å². The minimum Gasteiger partial charge on any atom is -0.465 e. The number of rotatable bonds is 5. The van der Waals surface area contributed by atoms with Crippen molar-refractivity contribution in [1.29, 1.82) is 0 Å². The molecule has 1 aliphatic rings. The van der Waals surface area contributed by atoms with Crippen LogP contribution < -0.4 is 0 Å². The Balaban J connectivity index is 2.54. The van der Waals surface area contributed by atoms with Crippen molar-refractivity contribution in [1.82, 2.24) is 4.90 Å². The molecule has 3 heteroatoms. The topological polar surface area (TPSA) is 29.5 Å². The number of benzene rings is 1. The van der Waals surface area contributed by atoms with Crippen LogP contribution >= 0.6 is 0 Å². The highest BCUT2D eigenvalue weighted by Gasteiger charge is 2.49. The maximum atomic E-state index is 12.9. The van der Waals surface area contributed by atoms with Gasteiger partial charge in [0.1, 0.15) is 5.41 Å². The highest BCUT2D eigenvalue weighted by molar-refractivity contribution is 5.85. The lowest BCUT2D eigenvalue weighted by Gasteiger charge is -2.43. The van der Waals surface area contributed by atoms with Crippen molar-refractivity contribution in [3.63, 3.8) is 0 Å². The van der Waals surface area contributed by atoms with E-state index in [1.54, 1.807) is 0 Å². The van der Waals surface area contributed by atoms with Gasteiger partial charge in [0.05, 0.1) is 6.61 Å². The quantitative estimate of drug-likeness (QED) is 0.615. The molecule has 2 unspecified atom stereocenters. The first-order chi connectivity index (χ1) is 10.2. The second-order valence-electron chi connectivity index (χ2n) is 5.54. The smallest absolute Gasteiger partial charge is 0.318 e. The van der Waals surface area contributed by atoms with Gasteiger partial charge in [0, 0.05) is 6.04 Å². The number of carbonyl (C=O) groups excluding carboxylic acids is 1. The van der Waals surface area contributed by atoms with E-state index in [1.807, 2.05) is 37.3 Å². The molecule has 1 aromatic carbocycles. The van der Waals surface area contributed by atoms with Crippen LogP contribution in [0.25, 0.3) is 0 Å². The third-order valence-corrected chi connectivity index (χ3v) is 4.43. The largest absolute Gasteiger partial charge is 0.465 e. The average molecular weight is 287 g/mol. The Labute approximate surface area is 127 Å². The zero-order valence-corrected chi connectivity index (χ0v) is 13.2. The molecular weight excluding hydrogens is 262 g/mol. The van der Waals surface area contributed by atoms with Crippen molar-refractivity contribution in [2.24, 2.45) is 0 Å². The second-order valence-corrected chi connectivity index (χ2v) is 5.54. The first-order valence-corrected chi connectivity index (χ1v) is 7.76. The van der Waals surface area contributed by atoms with Crippen molar-refractivity contribution in [2.75, 3.05) is 20.2 Å². The van der Waals surface area contributed by atoms with E-state index in [1.165, 1.54) is 0 Å². The lowest BCUT2D eigenvalue weighted by atomic mass is 9.68. The summed E-state index contributed by atoms with van der Waals surface area (Å²) in [4.78, 5) is 15.1. The highest BCUT2D eigenvalue weighted by Crippen LogP contribution is 2.40. The molecule has 0 aliphatic heterocycles. The third kappa shape index (κ3) is 2.88. The van der Waals surface area contributed by atoms with Gasteiger partial charge >= 0.3 is 5.97 Å². The molecule has 1 aromatic rings. The van der Waals surface area contributed by atoms with Gasteiger partial charge in [-0.05, 0) is 38.9 Å². The van der Waals surface area contributed by atoms with Crippen molar-refractivity contribution in [3.8, 4) is 0 Å². The summed E-state index contributed by atoms with van der Waals surface area (Å²) in [5.74, 6) is -0.106. The van der Waals surface area contributed by atoms with Crippen molar-refractivity contribution in [2.45, 2.75) is 38.1 Å². The predicted octanol–water partition coefficient (Wildman–Crippen LogP) is 3.16. The van der Waals surface area contributed by atoms with Gasteiger partial charge in [0.15, 0.2) is 0 Å². The van der Waals surface area contributed by atoms with E-state index in [0.29, 0.717) is 6.61 Å². The minimum atomic E-state index is -0.600. The van der Waals surface area contributed by atoms with E-state index in [2.05, 4.69) is 31.0 Å². The molecule has 3 nitrogen and oxygen atoms in total. The highest BCUT2D eigenvalue weighted by atomic mass is 16.5. The molecule has 0 spiro atoms. The van der Waals surface area contributed by atoms with Gasteiger partial charge in [-0.1, -0.05) is 49.4 Å². The molecule has 0 amide bonds. The number of esters is 1. The van der Waals surface area contributed by atoms with E-state index < -0.39 is 5.41 Å². The van der Waals surface area contributed by atoms with E-state index in [-0.39, 0.29) is 12.0 Å². The Morgan fingerprint density at radius 1 is 1.33 bits per heavy atom. The summed E-state index contributed by atoms with van der Waals surface area (Å²) >= 11 is 0. The van der Waals surface area contributed by atoms with Gasteiger partial charge < -0.3 is 4.74 Å². The molecule has 2 rings (SSSR count). The molecule has 0 radical (unpaired) electrons. The summed E-state index contributed by atoms with van der Waals surface area (Å²) < 4.78 is 5.46. The molecule has 0 N–H and O–H groups in total. The summed E-state index contributed by atoms with van der Waals surface area (Å²) in [6.45, 7) is 5.29. The van der Waals surface area contributed by atoms with Gasteiger partial charge in [-0.15, -0.1) is 0 Å². The van der Waals surface area contributed by atoms with Crippen LogP contribution in [0.4, 0.5) is 0 Å². The monoisotopic (exact) mass is 287 g/mol. The molecule has 0 bridgehead atoms. The van der Waals surface area contributed by atoms with Gasteiger partial charge in [-0.3, -0.25) is 9.69 Å². The first-order valence-electron chi connectivity index (χ1n) is 7.76.